The van der Waals surface area contributed by atoms with Gasteiger partial charge in [0.25, 0.3) is 5.56 Å². The molecule has 2 aromatic carbocycles. The highest BCUT2D eigenvalue weighted by atomic mass is 16.2. The van der Waals surface area contributed by atoms with E-state index in [4.69, 9.17) is 0 Å². The van der Waals surface area contributed by atoms with E-state index in [1.54, 1.807) is 29.2 Å². The zero-order valence-electron chi connectivity index (χ0n) is 17.7. The Morgan fingerprint density at radius 2 is 1.50 bits per heavy atom. The SMILES string of the molecule is CCCN(CCC)C(=O)Cn1c(=O)n(CCc2ccccc2)c(=O)c2ccccc21. The average molecular weight is 408 g/mol. The molecule has 0 bridgehead atoms. The first-order valence-electron chi connectivity index (χ1n) is 10.6. The number of rotatable bonds is 9. The molecule has 6 nitrogen and oxygen atoms in total. The third kappa shape index (κ3) is 4.70. The van der Waals surface area contributed by atoms with Gasteiger partial charge in [0, 0.05) is 19.6 Å². The molecule has 0 unspecified atom stereocenters. The van der Waals surface area contributed by atoms with Crippen molar-refractivity contribution in [2.24, 2.45) is 0 Å². The minimum absolute atomic E-state index is 0.0645. The second-order valence-corrected chi connectivity index (χ2v) is 7.46. The molecule has 1 heterocycles. The van der Waals surface area contributed by atoms with Crippen LogP contribution in [0, 0.1) is 0 Å². The molecule has 1 aromatic heterocycles. The summed E-state index contributed by atoms with van der Waals surface area (Å²) in [5.41, 5.74) is 0.812. The summed E-state index contributed by atoms with van der Waals surface area (Å²) >= 11 is 0. The largest absolute Gasteiger partial charge is 0.341 e. The molecule has 0 saturated carbocycles. The van der Waals surface area contributed by atoms with Crippen LogP contribution in [0.2, 0.25) is 0 Å². The number of aryl methyl sites for hydroxylation is 1. The fourth-order valence-corrected chi connectivity index (χ4v) is 3.74. The quantitative estimate of drug-likeness (QED) is 0.548. The topological polar surface area (TPSA) is 64.3 Å². The summed E-state index contributed by atoms with van der Waals surface area (Å²) in [7, 11) is 0. The van der Waals surface area contributed by atoms with Gasteiger partial charge in [-0.1, -0.05) is 56.3 Å². The van der Waals surface area contributed by atoms with E-state index < -0.39 is 5.69 Å². The molecule has 30 heavy (non-hydrogen) atoms. The Balaban J connectivity index is 2.01. The molecule has 0 spiro atoms. The molecule has 1 amide bonds. The minimum atomic E-state index is -0.434. The minimum Gasteiger partial charge on any atom is -0.341 e. The maximum absolute atomic E-state index is 13.3. The van der Waals surface area contributed by atoms with Gasteiger partial charge in [0.1, 0.15) is 6.54 Å². The molecule has 6 heteroatoms. The Labute approximate surface area is 176 Å². The van der Waals surface area contributed by atoms with E-state index in [0.717, 1.165) is 18.4 Å². The van der Waals surface area contributed by atoms with Crippen LogP contribution in [0.25, 0.3) is 10.9 Å². The maximum Gasteiger partial charge on any atom is 0.331 e. The lowest BCUT2D eigenvalue weighted by Crippen LogP contribution is -2.44. The second kappa shape index (κ2) is 10.1. The van der Waals surface area contributed by atoms with Gasteiger partial charge in [-0.05, 0) is 37.0 Å². The van der Waals surface area contributed by atoms with Crippen molar-refractivity contribution in [1.29, 1.82) is 0 Å². The van der Waals surface area contributed by atoms with Crippen LogP contribution < -0.4 is 11.2 Å². The van der Waals surface area contributed by atoms with E-state index in [1.807, 2.05) is 44.2 Å². The summed E-state index contributed by atoms with van der Waals surface area (Å²) in [4.78, 5) is 41.0. The van der Waals surface area contributed by atoms with Crippen molar-refractivity contribution in [2.75, 3.05) is 13.1 Å². The average Bonchev–Trinajstić information content (AvgIpc) is 2.77. The van der Waals surface area contributed by atoms with Crippen LogP contribution in [-0.2, 0) is 24.3 Å². The van der Waals surface area contributed by atoms with Crippen molar-refractivity contribution >= 4 is 16.8 Å². The molecule has 0 saturated heterocycles. The summed E-state index contributed by atoms with van der Waals surface area (Å²) in [5, 5.41) is 0.454. The first-order valence-corrected chi connectivity index (χ1v) is 10.6. The zero-order valence-corrected chi connectivity index (χ0v) is 17.7. The maximum atomic E-state index is 13.3. The number of para-hydroxylation sites is 1. The number of benzene rings is 2. The van der Waals surface area contributed by atoms with Crippen LogP contribution >= 0.6 is 0 Å². The third-order valence-corrected chi connectivity index (χ3v) is 5.23. The van der Waals surface area contributed by atoms with Gasteiger partial charge >= 0.3 is 5.69 Å². The van der Waals surface area contributed by atoms with E-state index in [2.05, 4.69) is 0 Å². The normalized spacial score (nSPS) is 11.0. The molecule has 0 atom stereocenters. The predicted molar refractivity (Wildman–Crippen MR) is 120 cm³/mol. The molecule has 0 aliphatic rings. The smallest absolute Gasteiger partial charge is 0.331 e. The number of amides is 1. The number of hydrogen-bond acceptors (Lipinski definition) is 3. The molecule has 3 rings (SSSR count). The van der Waals surface area contributed by atoms with Gasteiger partial charge in [0.05, 0.1) is 10.9 Å². The van der Waals surface area contributed by atoms with Gasteiger partial charge in [-0.2, -0.15) is 0 Å². The highest BCUT2D eigenvalue weighted by molar-refractivity contribution is 5.81. The van der Waals surface area contributed by atoms with Crippen LogP contribution in [0.5, 0.6) is 0 Å². The number of nitrogens with zero attached hydrogens (tertiary/aromatic N) is 3. The van der Waals surface area contributed by atoms with Crippen molar-refractivity contribution in [3.63, 3.8) is 0 Å². The molecule has 0 N–H and O–H groups in total. The lowest BCUT2D eigenvalue weighted by atomic mass is 10.1. The van der Waals surface area contributed by atoms with Crippen LogP contribution in [0.4, 0.5) is 0 Å². The van der Waals surface area contributed by atoms with Crippen LogP contribution in [0.1, 0.15) is 32.3 Å². The van der Waals surface area contributed by atoms with E-state index >= 15 is 0 Å². The lowest BCUT2D eigenvalue weighted by Gasteiger charge is -2.22. The van der Waals surface area contributed by atoms with Crippen LogP contribution in [0.3, 0.4) is 0 Å². The number of aromatic nitrogens is 2. The molecule has 0 radical (unpaired) electrons. The highest BCUT2D eigenvalue weighted by Crippen LogP contribution is 2.09. The van der Waals surface area contributed by atoms with Crippen molar-refractivity contribution < 1.29 is 4.79 Å². The van der Waals surface area contributed by atoms with E-state index in [0.29, 0.717) is 30.4 Å². The third-order valence-electron chi connectivity index (χ3n) is 5.23. The van der Waals surface area contributed by atoms with Gasteiger partial charge < -0.3 is 4.90 Å². The molecule has 0 aliphatic heterocycles. The first-order chi connectivity index (χ1) is 14.6. The fraction of sp³-hybridized carbons (Fsp3) is 0.375. The second-order valence-electron chi connectivity index (χ2n) is 7.46. The van der Waals surface area contributed by atoms with Gasteiger partial charge in [-0.25, -0.2) is 4.79 Å². The number of hydrogen-bond donors (Lipinski definition) is 0. The summed E-state index contributed by atoms with van der Waals surface area (Å²) in [5.74, 6) is -0.0980. The van der Waals surface area contributed by atoms with Crippen molar-refractivity contribution in [2.45, 2.75) is 46.2 Å². The summed E-state index contributed by atoms with van der Waals surface area (Å²) in [6.07, 6.45) is 2.29. The van der Waals surface area contributed by atoms with E-state index in [9.17, 15) is 14.4 Å². The standard InChI is InChI=1S/C24H29N3O3/c1-3-15-25(16-4-2)22(28)18-27-21-13-9-8-12-20(21)23(29)26(24(27)30)17-14-19-10-6-5-7-11-19/h5-13H,3-4,14-18H2,1-2H3. The van der Waals surface area contributed by atoms with E-state index in [1.165, 1.54) is 9.13 Å². The lowest BCUT2D eigenvalue weighted by molar-refractivity contribution is -0.131. The van der Waals surface area contributed by atoms with Crippen LogP contribution in [-0.4, -0.2) is 33.0 Å². The first kappa shape index (κ1) is 21.6. The summed E-state index contributed by atoms with van der Waals surface area (Å²) < 4.78 is 2.70. The number of fused-ring (bicyclic) bond motifs is 1. The molecule has 0 aliphatic carbocycles. The van der Waals surface area contributed by atoms with Crippen molar-refractivity contribution in [3.05, 3.63) is 81.0 Å². The summed E-state index contributed by atoms with van der Waals surface area (Å²) in [6, 6.07) is 16.8. The monoisotopic (exact) mass is 407 g/mol. The van der Waals surface area contributed by atoms with Gasteiger partial charge in [-0.15, -0.1) is 0 Å². The number of carbonyl (C=O) groups excluding carboxylic acids is 1. The molecule has 158 valence electrons. The Kier molecular flexibility index (Phi) is 7.22. The Bertz CT molecular complexity index is 1110. The Morgan fingerprint density at radius 3 is 2.17 bits per heavy atom. The fourth-order valence-electron chi connectivity index (χ4n) is 3.74. The van der Waals surface area contributed by atoms with E-state index in [-0.39, 0.29) is 24.6 Å². The molecule has 0 fully saturated rings. The summed E-state index contributed by atoms with van der Waals surface area (Å²) in [6.45, 7) is 5.59. The highest BCUT2D eigenvalue weighted by Gasteiger charge is 2.18. The Morgan fingerprint density at radius 1 is 0.867 bits per heavy atom. The molecule has 3 aromatic rings. The number of carbonyl (C=O) groups is 1. The van der Waals surface area contributed by atoms with Gasteiger partial charge in [-0.3, -0.25) is 18.7 Å². The predicted octanol–water partition coefficient (Wildman–Crippen LogP) is 3.05. The van der Waals surface area contributed by atoms with Crippen LogP contribution in [0.15, 0.2) is 64.2 Å². The molecular formula is C24H29N3O3. The zero-order chi connectivity index (χ0) is 21.5. The van der Waals surface area contributed by atoms with Gasteiger partial charge in [0.2, 0.25) is 5.91 Å². The van der Waals surface area contributed by atoms with Crippen molar-refractivity contribution in [3.8, 4) is 0 Å². The van der Waals surface area contributed by atoms with Gasteiger partial charge in [0.15, 0.2) is 0 Å². The van der Waals surface area contributed by atoms with Crippen molar-refractivity contribution in [1.82, 2.24) is 14.0 Å². The Hall–Kier alpha value is -3.15. The molecular weight excluding hydrogens is 378 g/mol.